The summed E-state index contributed by atoms with van der Waals surface area (Å²) in [6.45, 7) is 1.45. The molecule has 0 saturated carbocycles. The van der Waals surface area contributed by atoms with Crippen molar-refractivity contribution >= 4 is 31.9 Å². The molecule has 1 aliphatic rings. The molecule has 0 saturated heterocycles. The van der Waals surface area contributed by atoms with Crippen LogP contribution in [0.3, 0.4) is 0 Å². The van der Waals surface area contributed by atoms with Crippen LogP contribution in [0, 0.1) is 0 Å². The smallest absolute Gasteiger partial charge is 0.183 e. The molecular formula is C14H13Br2NO2. The number of halogens is 2. The first-order valence-corrected chi connectivity index (χ1v) is 7.71. The number of hydrogen-bond acceptors (Lipinski definition) is 3. The lowest BCUT2D eigenvalue weighted by molar-refractivity contribution is 0.250. The highest BCUT2D eigenvalue weighted by atomic mass is 79.9. The summed E-state index contributed by atoms with van der Waals surface area (Å²) in [5.41, 5.74) is 1.22. The zero-order valence-electron chi connectivity index (χ0n) is 10.2. The molecule has 0 radical (unpaired) electrons. The number of nitrogens with one attached hydrogen (secondary N) is 1. The van der Waals surface area contributed by atoms with E-state index >= 15 is 0 Å². The van der Waals surface area contributed by atoms with Crippen LogP contribution in [0.1, 0.15) is 23.8 Å². The van der Waals surface area contributed by atoms with E-state index in [1.54, 1.807) is 0 Å². The Bertz CT molecular complexity index is 563. The van der Waals surface area contributed by atoms with Crippen molar-refractivity contribution in [2.45, 2.75) is 19.0 Å². The second-order valence-electron chi connectivity index (χ2n) is 4.44. The Morgan fingerprint density at radius 1 is 1.26 bits per heavy atom. The normalized spacial score (nSPS) is 17.9. The van der Waals surface area contributed by atoms with Crippen LogP contribution >= 0.6 is 31.9 Å². The van der Waals surface area contributed by atoms with E-state index in [9.17, 15) is 0 Å². The van der Waals surface area contributed by atoms with E-state index in [0.29, 0.717) is 12.6 Å². The van der Waals surface area contributed by atoms with Gasteiger partial charge in [0.2, 0.25) is 0 Å². The number of rotatable bonds is 3. The molecule has 1 N–H and O–H groups in total. The largest absolute Gasteiger partial charge is 0.493 e. The predicted molar refractivity (Wildman–Crippen MR) is 80.2 cm³/mol. The molecule has 1 aliphatic heterocycles. The maximum atomic E-state index is 5.65. The van der Waals surface area contributed by atoms with Crippen molar-refractivity contribution < 1.29 is 9.15 Å². The molecule has 100 valence electrons. The van der Waals surface area contributed by atoms with Crippen molar-refractivity contribution in [1.82, 2.24) is 5.32 Å². The van der Waals surface area contributed by atoms with Crippen LogP contribution in [0.25, 0.3) is 0 Å². The van der Waals surface area contributed by atoms with Gasteiger partial charge in [-0.1, -0.05) is 18.2 Å². The lowest BCUT2D eigenvalue weighted by Gasteiger charge is -2.26. The summed E-state index contributed by atoms with van der Waals surface area (Å²) in [7, 11) is 0. The molecule has 0 amide bonds. The molecule has 0 fully saturated rings. The van der Waals surface area contributed by atoms with Crippen LogP contribution in [0.5, 0.6) is 5.75 Å². The first-order valence-electron chi connectivity index (χ1n) is 6.13. The van der Waals surface area contributed by atoms with E-state index in [1.807, 2.05) is 24.3 Å². The third kappa shape index (κ3) is 2.88. The summed E-state index contributed by atoms with van der Waals surface area (Å²) < 4.78 is 12.9. The lowest BCUT2D eigenvalue weighted by Crippen LogP contribution is -2.26. The number of furan rings is 1. The summed E-state index contributed by atoms with van der Waals surface area (Å²) in [6, 6.07) is 10.5. The minimum Gasteiger partial charge on any atom is -0.493 e. The molecule has 5 heteroatoms. The van der Waals surface area contributed by atoms with Crippen molar-refractivity contribution in [3.8, 4) is 5.75 Å². The van der Waals surface area contributed by atoms with Crippen LogP contribution in [0.15, 0.2) is 43.9 Å². The van der Waals surface area contributed by atoms with Gasteiger partial charge in [-0.05, 0) is 44.0 Å². The minimum atomic E-state index is 0.313. The van der Waals surface area contributed by atoms with Gasteiger partial charge >= 0.3 is 0 Å². The molecule has 19 heavy (non-hydrogen) atoms. The third-order valence-electron chi connectivity index (χ3n) is 3.18. The van der Waals surface area contributed by atoms with Crippen molar-refractivity contribution in [3.63, 3.8) is 0 Å². The average molecular weight is 387 g/mol. The Labute approximate surface area is 128 Å². The van der Waals surface area contributed by atoms with E-state index in [2.05, 4.69) is 43.2 Å². The van der Waals surface area contributed by atoms with E-state index in [-0.39, 0.29) is 0 Å². The van der Waals surface area contributed by atoms with Crippen molar-refractivity contribution in [2.24, 2.45) is 0 Å². The predicted octanol–water partition coefficient (Wildman–Crippen LogP) is 4.42. The minimum absolute atomic E-state index is 0.313. The Kier molecular flexibility index (Phi) is 3.96. The summed E-state index contributed by atoms with van der Waals surface area (Å²) in [5.74, 6) is 1.88. The zero-order chi connectivity index (χ0) is 13.2. The van der Waals surface area contributed by atoms with Crippen LogP contribution in [-0.2, 0) is 6.54 Å². The van der Waals surface area contributed by atoms with Crippen LogP contribution in [0.4, 0.5) is 0 Å². The molecule has 1 aromatic carbocycles. The van der Waals surface area contributed by atoms with E-state index in [4.69, 9.17) is 9.15 Å². The number of ether oxygens (including phenoxy) is 1. The molecular weight excluding hydrogens is 374 g/mol. The zero-order valence-corrected chi connectivity index (χ0v) is 13.3. The lowest BCUT2D eigenvalue weighted by atomic mass is 10.0. The van der Waals surface area contributed by atoms with Gasteiger partial charge in [0, 0.05) is 18.0 Å². The van der Waals surface area contributed by atoms with Gasteiger partial charge < -0.3 is 14.5 Å². The topological polar surface area (TPSA) is 34.4 Å². The molecule has 0 spiro atoms. The van der Waals surface area contributed by atoms with Gasteiger partial charge in [-0.15, -0.1) is 0 Å². The van der Waals surface area contributed by atoms with Gasteiger partial charge in [0.05, 0.1) is 17.6 Å². The Hall–Kier alpha value is -0.780. The van der Waals surface area contributed by atoms with Crippen LogP contribution < -0.4 is 10.1 Å². The van der Waals surface area contributed by atoms with Gasteiger partial charge in [-0.3, -0.25) is 0 Å². The molecule has 0 bridgehead atoms. The monoisotopic (exact) mass is 385 g/mol. The van der Waals surface area contributed by atoms with Crippen LogP contribution in [-0.4, -0.2) is 6.61 Å². The van der Waals surface area contributed by atoms with E-state index in [1.165, 1.54) is 5.56 Å². The van der Waals surface area contributed by atoms with Crippen molar-refractivity contribution in [1.29, 1.82) is 0 Å². The highest BCUT2D eigenvalue weighted by Gasteiger charge is 2.20. The van der Waals surface area contributed by atoms with E-state index in [0.717, 1.165) is 33.7 Å². The number of benzene rings is 1. The van der Waals surface area contributed by atoms with Crippen molar-refractivity contribution in [2.75, 3.05) is 6.61 Å². The second kappa shape index (κ2) is 5.69. The first-order chi connectivity index (χ1) is 9.24. The molecule has 0 aliphatic carbocycles. The fourth-order valence-electron chi connectivity index (χ4n) is 2.26. The number of hydrogen-bond donors (Lipinski definition) is 1. The fraction of sp³-hybridized carbons (Fsp3) is 0.286. The molecule has 1 aromatic heterocycles. The Morgan fingerprint density at radius 2 is 2.11 bits per heavy atom. The molecule has 3 rings (SSSR count). The summed E-state index contributed by atoms with van der Waals surface area (Å²) >= 11 is 6.77. The molecule has 2 aromatic rings. The fourth-order valence-corrected chi connectivity index (χ4v) is 2.92. The standard InChI is InChI=1S/C14H13Br2NO2/c15-11-7-9(19-14(11)16)8-17-12-5-6-18-13-4-2-1-3-10(12)13/h1-4,7,12,17H,5-6,8H2. The first kappa shape index (κ1) is 13.2. The Morgan fingerprint density at radius 3 is 2.89 bits per heavy atom. The van der Waals surface area contributed by atoms with Gasteiger partial charge in [-0.2, -0.15) is 0 Å². The molecule has 1 unspecified atom stereocenters. The highest BCUT2D eigenvalue weighted by molar-refractivity contribution is 9.13. The Balaban J connectivity index is 1.71. The van der Waals surface area contributed by atoms with Gasteiger partial charge in [0.25, 0.3) is 0 Å². The maximum Gasteiger partial charge on any atom is 0.183 e. The SMILES string of the molecule is Brc1cc(CNC2CCOc3ccccc32)oc1Br. The maximum absolute atomic E-state index is 5.65. The summed E-state index contributed by atoms with van der Waals surface area (Å²) in [6.07, 6.45) is 0.972. The van der Waals surface area contributed by atoms with Gasteiger partial charge in [0.15, 0.2) is 4.67 Å². The van der Waals surface area contributed by atoms with Crippen LogP contribution in [0.2, 0.25) is 0 Å². The highest BCUT2D eigenvalue weighted by Crippen LogP contribution is 2.32. The number of para-hydroxylation sites is 1. The average Bonchev–Trinajstić information content (AvgIpc) is 2.75. The quantitative estimate of drug-likeness (QED) is 0.847. The number of fused-ring (bicyclic) bond motifs is 1. The van der Waals surface area contributed by atoms with Gasteiger partial charge in [-0.25, -0.2) is 0 Å². The van der Waals surface area contributed by atoms with E-state index < -0.39 is 0 Å². The molecule has 3 nitrogen and oxygen atoms in total. The van der Waals surface area contributed by atoms with Gasteiger partial charge in [0.1, 0.15) is 11.5 Å². The van der Waals surface area contributed by atoms with Crippen molar-refractivity contribution in [3.05, 3.63) is 50.8 Å². The summed E-state index contributed by atoms with van der Waals surface area (Å²) in [4.78, 5) is 0. The summed E-state index contributed by atoms with van der Waals surface area (Å²) in [5, 5.41) is 3.52. The third-order valence-corrected chi connectivity index (χ3v) is 4.89. The second-order valence-corrected chi connectivity index (χ2v) is 6.02. The molecule has 2 heterocycles. The molecule has 1 atom stereocenters.